The molecule has 36 heavy (non-hydrogen) atoms. The number of amides is 1. The van der Waals surface area contributed by atoms with Crippen LogP contribution in [-0.4, -0.2) is 51.3 Å². The zero-order chi connectivity index (χ0) is 25.9. The third kappa shape index (κ3) is 5.61. The van der Waals surface area contributed by atoms with Crippen molar-refractivity contribution in [2.75, 3.05) is 7.11 Å². The highest BCUT2D eigenvalue weighted by Crippen LogP contribution is 2.33. The topological polar surface area (TPSA) is 120 Å². The van der Waals surface area contributed by atoms with E-state index in [9.17, 15) is 18.0 Å². The summed E-state index contributed by atoms with van der Waals surface area (Å²) in [5.74, 6) is -0.698. The molecule has 0 bridgehead atoms. The Labute approximate surface area is 203 Å². The fourth-order valence-corrected chi connectivity index (χ4v) is 4.43. The van der Waals surface area contributed by atoms with Gasteiger partial charge in [0, 0.05) is 22.9 Å². The maximum absolute atomic E-state index is 12.9. The number of carbonyl (C=O) groups excluding carboxylic acids is 1. The summed E-state index contributed by atoms with van der Waals surface area (Å²) < 4.78 is 37.1. The summed E-state index contributed by atoms with van der Waals surface area (Å²) in [6, 6.07) is 15.9. The first-order valence-electron chi connectivity index (χ1n) is 11.4. The van der Waals surface area contributed by atoms with E-state index in [1.165, 1.54) is 0 Å². The predicted octanol–water partition coefficient (Wildman–Crippen LogP) is 5.14. The second-order valence-corrected chi connectivity index (χ2v) is 8.58. The lowest BCUT2D eigenvalue weighted by molar-refractivity contribution is -0.192. The Morgan fingerprint density at radius 1 is 1.08 bits per heavy atom. The van der Waals surface area contributed by atoms with Gasteiger partial charge in [0.25, 0.3) is 5.91 Å². The Morgan fingerprint density at radius 3 is 2.50 bits per heavy atom. The van der Waals surface area contributed by atoms with Crippen LogP contribution in [0.25, 0.3) is 21.9 Å². The highest BCUT2D eigenvalue weighted by molar-refractivity contribution is 5.99. The highest BCUT2D eigenvalue weighted by atomic mass is 19.4. The summed E-state index contributed by atoms with van der Waals surface area (Å²) in [5, 5.41) is 11.3. The third-order valence-electron chi connectivity index (χ3n) is 6.13. The SMILES string of the molecule is COc1cccc2[nH]c(C(=O)N[C@@H]3CCC[C@H](c4nc5ccccc5[nH]4)C3)cc12.O=C(O)C(F)(F)F. The van der Waals surface area contributed by atoms with E-state index < -0.39 is 12.1 Å². The largest absolute Gasteiger partial charge is 0.496 e. The molecule has 0 radical (unpaired) electrons. The van der Waals surface area contributed by atoms with Crippen LogP contribution in [0.4, 0.5) is 13.2 Å². The Morgan fingerprint density at radius 2 is 1.81 bits per heavy atom. The minimum absolute atomic E-state index is 0.0708. The first-order valence-corrected chi connectivity index (χ1v) is 11.4. The second-order valence-electron chi connectivity index (χ2n) is 8.58. The lowest BCUT2D eigenvalue weighted by Crippen LogP contribution is -2.38. The number of nitrogens with zero attached hydrogens (tertiary/aromatic N) is 1. The summed E-state index contributed by atoms with van der Waals surface area (Å²) in [6.07, 6.45) is -1.02. The van der Waals surface area contributed by atoms with Crippen LogP contribution in [0.2, 0.25) is 0 Å². The molecule has 5 rings (SSSR count). The smallest absolute Gasteiger partial charge is 0.490 e. The van der Waals surface area contributed by atoms with E-state index in [0.717, 1.165) is 59.2 Å². The van der Waals surface area contributed by atoms with E-state index >= 15 is 0 Å². The monoisotopic (exact) mass is 502 g/mol. The minimum Gasteiger partial charge on any atom is -0.496 e. The number of halogens is 3. The maximum Gasteiger partial charge on any atom is 0.490 e. The predicted molar refractivity (Wildman–Crippen MR) is 127 cm³/mol. The van der Waals surface area contributed by atoms with E-state index in [2.05, 4.69) is 21.4 Å². The minimum atomic E-state index is -5.08. The van der Waals surface area contributed by atoms with E-state index in [1.54, 1.807) is 7.11 Å². The molecule has 2 aromatic carbocycles. The third-order valence-corrected chi connectivity index (χ3v) is 6.13. The Balaban J connectivity index is 0.000000384. The van der Waals surface area contributed by atoms with Crippen molar-refractivity contribution in [3.05, 3.63) is 60.0 Å². The number of para-hydroxylation sites is 2. The molecule has 8 nitrogen and oxygen atoms in total. The zero-order valence-electron chi connectivity index (χ0n) is 19.4. The number of carbonyl (C=O) groups is 2. The number of ether oxygens (including phenoxy) is 1. The van der Waals surface area contributed by atoms with Crippen molar-refractivity contribution in [2.45, 2.75) is 43.8 Å². The number of hydrogen-bond donors (Lipinski definition) is 4. The van der Waals surface area contributed by atoms with E-state index in [1.807, 2.05) is 42.5 Å². The van der Waals surface area contributed by atoms with Crippen LogP contribution in [-0.2, 0) is 4.79 Å². The van der Waals surface area contributed by atoms with E-state index in [0.29, 0.717) is 11.6 Å². The van der Waals surface area contributed by atoms with E-state index in [4.69, 9.17) is 19.6 Å². The van der Waals surface area contributed by atoms with Crippen LogP contribution in [0.1, 0.15) is 47.9 Å². The van der Waals surface area contributed by atoms with Crippen molar-refractivity contribution in [1.82, 2.24) is 20.3 Å². The van der Waals surface area contributed by atoms with Gasteiger partial charge in [-0.15, -0.1) is 0 Å². The molecule has 2 heterocycles. The van der Waals surface area contributed by atoms with Gasteiger partial charge in [-0.1, -0.05) is 24.6 Å². The van der Waals surface area contributed by atoms with Crippen molar-refractivity contribution in [1.29, 1.82) is 0 Å². The summed E-state index contributed by atoms with van der Waals surface area (Å²) in [7, 11) is 1.64. The van der Waals surface area contributed by atoms with Gasteiger partial charge in [0.1, 0.15) is 17.3 Å². The summed E-state index contributed by atoms with van der Waals surface area (Å²) in [6.45, 7) is 0. The zero-order valence-corrected chi connectivity index (χ0v) is 19.4. The van der Waals surface area contributed by atoms with Crippen molar-refractivity contribution in [3.8, 4) is 5.75 Å². The van der Waals surface area contributed by atoms with Gasteiger partial charge in [0.05, 0.1) is 18.1 Å². The molecule has 0 unspecified atom stereocenters. The molecular weight excluding hydrogens is 477 g/mol. The Kier molecular flexibility index (Phi) is 7.18. The number of benzene rings is 2. The number of aromatic amines is 2. The number of aliphatic carboxylic acids is 1. The number of alkyl halides is 3. The number of fused-ring (bicyclic) bond motifs is 2. The number of nitrogens with one attached hydrogen (secondary N) is 3. The molecule has 1 amide bonds. The van der Waals surface area contributed by atoms with Crippen LogP contribution in [0.3, 0.4) is 0 Å². The van der Waals surface area contributed by atoms with Gasteiger partial charge < -0.3 is 25.1 Å². The molecule has 2 aromatic heterocycles. The molecule has 1 fully saturated rings. The molecule has 2 atom stereocenters. The maximum atomic E-state index is 12.9. The molecule has 0 aliphatic heterocycles. The van der Waals surface area contributed by atoms with Crippen LogP contribution in [0.5, 0.6) is 5.75 Å². The van der Waals surface area contributed by atoms with Crippen LogP contribution in [0.15, 0.2) is 48.5 Å². The molecule has 1 aliphatic carbocycles. The van der Waals surface area contributed by atoms with Gasteiger partial charge in [-0.3, -0.25) is 4.79 Å². The standard InChI is InChI=1S/C23H24N4O2.C2HF3O2/c1-29-21-11-5-10-17-16(21)13-20(25-17)23(28)24-15-7-4-6-14(12-15)22-26-18-8-2-3-9-19(18)27-22;3-2(4,5)1(6)7/h2-3,5,8-11,13-15,25H,4,6-7,12H2,1H3,(H,24,28)(H,26,27);(H,6,7)/t14-,15+;/m0./s1. The van der Waals surface area contributed by atoms with Crippen molar-refractivity contribution in [3.63, 3.8) is 0 Å². The number of hydrogen-bond acceptors (Lipinski definition) is 4. The van der Waals surface area contributed by atoms with Gasteiger partial charge in [0.15, 0.2) is 0 Å². The van der Waals surface area contributed by atoms with Gasteiger partial charge in [-0.2, -0.15) is 13.2 Å². The van der Waals surface area contributed by atoms with Gasteiger partial charge in [0.2, 0.25) is 0 Å². The Bertz CT molecular complexity index is 1350. The number of aromatic nitrogens is 3. The number of imidazole rings is 1. The van der Waals surface area contributed by atoms with Crippen molar-refractivity contribution >= 4 is 33.8 Å². The lowest BCUT2D eigenvalue weighted by Gasteiger charge is -2.28. The number of methoxy groups -OCH3 is 1. The van der Waals surface area contributed by atoms with Gasteiger partial charge in [-0.05, 0) is 49.6 Å². The Hall–Kier alpha value is -4.02. The fraction of sp³-hybridized carbons (Fsp3) is 0.320. The average molecular weight is 502 g/mol. The molecule has 0 saturated heterocycles. The summed E-state index contributed by atoms with van der Waals surface area (Å²) in [5.41, 5.74) is 3.54. The number of carboxylic acid groups (broad SMARTS) is 1. The molecule has 4 N–H and O–H groups in total. The van der Waals surface area contributed by atoms with Gasteiger partial charge in [-0.25, -0.2) is 9.78 Å². The van der Waals surface area contributed by atoms with Crippen molar-refractivity contribution in [2.24, 2.45) is 0 Å². The summed E-state index contributed by atoms with van der Waals surface area (Å²) >= 11 is 0. The first kappa shape index (κ1) is 25.1. The average Bonchev–Trinajstić information content (AvgIpc) is 3.48. The molecule has 1 aliphatic rings. The van der Waals surface area contributed by atoms with Crippen molar-refractivity contribution < 1.29 is 32.6 Å². The molecular formula is C25H25F3N4O4. The molecule has 4 aromatic rings. The highest BCUT2D eigenvalue weighted by Gasteiger charge is 2.38. The first-order chi connectivity index (χ1) is 17.2. The molecule has 1 saturated carbocycles. The van der Waals surface area contributed by atoms with E-state index in [-0.39, 0.29) is 11.9 Å². The van der Waals surface area contributed by atoms with Crippen LogP contribution >= 0.6 is 0 Å². The van der Waals surface area contributed by atoms with Gasteiger partial charge >= 0.3 is 12.1 Å². The quantitative estimate of drug-likeness (QED) is 0.308. The normalized spacial score (nSPS) is 17.9. The number of rotatable bonds is 4. The molecule has 190 valence electrons. The van der Waals surface area contributed by atoms with Crippen LogP contribution in [0, 0.1) is 0 Å². The second kappa shape index (κ2) is 10.3. The lowest BCUT2D eigenvalue weighted by atomic mass is 9.85. The number of carboxylic acids is 1. The summed E-state index contributed by atoms with van der Waals surface area (Å²) in [4.78, 5) is 33.2. The molecule has 11 heteroatoms. The molecule has 0 spiro atoms. The fourth-order valence-electron chi connectivity index (χ4n) is 4.43. The number of H-pyrrole nitrogens is 2. The van der Waals surface area contributed by atoms with Crippen LogP contribution < -0.4 is 10.1 Å².